The second-order valence-corrected chi connectivity index (χ2v) is 9.25. The summed E-state index contributed by atoms with van der Waals surface area (Å²) >= 11 is 0. The number of aliphatic hydroxyl groups is 1. The van der Waals surface area contributed by atoms with Crippen LogP contribution in [0, 0.1) is 12.7 Å². The van der Waals surface area contributed by atoms with E-state index >= 15 is 0 Å². The number of ether oxygens (including phenoxy) is 1. The van der Waals surface area contributed by atoms with Crippen molar-refractivity contribution in [2.75, 3.05) is 0 Å². The van der Waals surface area contributed by atoms with Gasteiger partial charge in [0.2, 0.25) is 0 Å². The number of benzene rings is 1. The van der Waals surface area contributed by atoms with Crippen LogP contribution in [0.25, 0.3) is 22.3 Å². The number of carbonyl (C=O) groups is 1. The molecule has 0 saturated carbocycles. The summed E-state index contributed by atoms with van der Waals surface area (Å²) in [7, 11) is 0. The minimum absolute atomic E-state index is 0.0931. The summed E-state index contributed by atoms with van der Waals surface area (Å²) in [6.07, 6.45) is 1.80. The zero-order chi connectivity index (χ0) is 22.5. The van der Waals surface area contributed by atoms with E-state index < -0.39 is 11.6 Å². The van der Waals surface area contributed by atoms with Crippen LogP contribution in [0.4, 0.5) is 4.39 Å². The molecule has 3 aliphatic rings. The molecule has 6 nitrogen and oxygen atoms in total. The Balaban J connectivity index is 1.70. The van der Waals surface area contributed by atoms with Gasteiger partial charge < -0.3 is 14.4 Å². The molecule has 3 aromatic rings. The molecule has 1 aromatic carbocycles. The van der Waals surface area contributed by atoms with Crippen molar-refractivity contribution in [2.24, 2.45) is 0 Å². The fourth-order valence-corrected chi connectivity index (χ4v) is 5.79. The number of nitrogens with zero attached hydrogens (tertiary/aromatic N) is 2. The third kappa shape index (κ3) is 2.24. The van der Waals surface area contributed by atoms with Crippen LogP contribution in [0.3, 0.4) is 0 Å². The summed E-state index contributed by atoms with van der Waals surface area (Å²) in [5, 5.41) is 12.0. The monoisotopic (exact) mass is 434 g/mol. The molecule has 164 valence electrons. The van der Waals surface area contributed by atoms with Gasteiger partial charge in [0.05, 0.1) is 29.0 Å². The Morgan fingerprint density at radius 2 is 2.06 bits per heavy atom. The van der Waals surface area contributed by atoms with Crippen molar-refractivity contribution >= 4 is 16.9 Å². The van der Waals surface area contributed by atoms with E-state index in [4.69, 9.17) is 9.72 Å². The SMILES string of the molecule is CC[C@]1(O)C(=O)OCc2c1cc1n(c2=O)Cc2c-1nc1cc(F)c(C)c3c1c2[C@H](C)CC3. The molecule has 1 aliphatic carbocycles. The molecule has 6 rings (SSSR count). The van der Waals surface area contributed by atoms with Crippen molar-refractivity contribution < 1.29 is 19.0 Å². The van der Waals surface area contributed by atoms with Crippen molar-refractivity contribution in [3.8, 4) is 11.4 Å². The molecule has 2 aliphatic heterocycles. The summed E-state index contributed by atoms with van der Waals surface area (Å²) in [5.74, 6) is -0.763. The molecule has 32 heavy (non-hydrogen) atoms. The molecule has 0 bridgehead atoms. The van der Waals surface area contributed by atoms with Gasteiger partial charge in [-0.1, -0.05) is 13.8 Å². The topological polar surface area (TPSA) is 81.4 Å². The van der Waals surface area contributed by atoms with Gasteiger partial charge >= 0.3 is 5.97 Å². The molecular weight excluding hydrogens is 411 g/mol. The highest BCUT2D eigenvalue weighted by Crippen LogP contribution is 2.46. The molecule has 7 heteroatoms. The van der Waals surface area contributed by atoms with Gasteiger partial charge in [-0.05, 0) is 54.9 Å². The minimum Gasteiger partial charge on any atom is -0.458 e. The number of cyclic esters (lactones) is 1. The summed E-state index contributed by atoms with van der Waals surface area (Å²) in [5.41, 5.74) is 4.02. The van der Waals surface area contributed by atoms with Gasteiger partial charge in [-0.2, -0.15) is 0 Å². The second kappa shape index (κ2) is 6.25. The Morgan fingerprint density at radius 1 is 1.28 bits per heavy atom. The van der Waals surface area contributed by atoms with Crippen molar-refractivity contribution in [3.05, 3.63) is 61.7 Å². The van der Waals surface area contributed by atoms with Gasteiger partial charge in [-0.25, -0.2) is 14.2 Å². The standard InChI is InChI=1S/C25H23FN2O4/c1-4-25(31)16-7-19-22-14(9-28(19)23(29)15(16)10-32-24(25)30)20-11(2)5-6-13-12(3)17(26)8-18(27-22)21(13)20/h7-8,11,31H,4-6,9-10H2,1-3H3/t11-,25-/m1/s1. The molecular formula is C25H23FN2O4. The lowest BCUT2D eigenvalue weighted by molar-refractivity contribution is -0.172. The summed E-state index contributed by atoms with van der Waals surface area (Å²) in [4.78, 5) is 30.6. The molecule has 2 aromatic heterocycles. The van der Waals surface area contributed by atoms with E-state index in [1.165, 1.54) is 6.07 Å². The van der Waals surface area contributed by atoms with Gasteiger partial charge in [0.15, 0.2) is 5.60 Å². The number of aryl methyl sites for hydroxylation is 1. The highest BCUT2D eigenvalue weighted by Gasteiger charge is 2.45. The average molecular weight is 434 g/mol. The van der Waals surface area contributed by atoms with Crippen LogP contribution in [0.15, 0.2) is 16.9 Å². The number of hydrogen-bond donors (Lipinski definition) is 1. The maximum absolute atomic E-state index is 14.7. The van der Waals surface area contributed by atoms with Gasteiger partial charge in [-0.15, -0.1) is 0 Å². The van der Waals surface area contributed by atoms with Gasteiger partial charge in [-0.3, -0.25) is 4.79 Å². The van der Waals surface area contributed by atoms with Crippen LogP contribution in [0.2, 0.25) is 0 Å². The largest absolute Gasteiger partial charge is 0.458 e. The lowest BCUT2D eigenvalue weighted by Crippen LogP contribution is -2.44. The molecule has 2 atom stereocenters. The molecule has 4 heterocycles. The van der Waals surface area contributed by atoms with Gasteiger partial charge in [0, 0.05) is 22.6 Å². The first-order valence-corrected chi connectivity index (χ1v) is 11.1. The van der Waals surface area contributed by atoms with Crippen molar-refractivity contribution in [3.63, 3.8) is 0 Å². The first-order chi connectivity index (χ1) is 15.3. The number of rotatable bonds is 1. The lowest BCUT2D eigenvalue weighted by atomic mass is 9.79. The Labute approximate surface area is 183 Å². The number of pyridine rings is 2. The number of halogens is 1. The number of carbonyl (C=O) groups excluding carboxylic acids is 1. The summed E-state index contributed by atoms with van der Waals surface area (Å²) in [6.45, 7) is 5.87. The van der Waals surface area contributed by atoms with Gasteiger partial charge in [0.25, 0.3) is 5.56 Å². The minimum atomic E-state index is -1.86. The van der Waals surface area contributed by atoms with Gasteiger partial charge in [0.1, 0.15) is 12.4 Å². The number of aromatic nitrogens is 2. The number of hydrogen-bond acceptors (Lipinski definition) is 5. The summed E-state index contributed by atoms with van der Waals surface area (Å²) in [6, 6.07) is 3.19. The van der Waals surface area contributed by atoms with E-state index in [0.29, 0.717) is 40.1 Å². The Morgan fingerprint density at radius 3 is 2.81 bits per heavy atom. The van der Waals surface area contributed by atoms with E-state index in [-0.39, 0.29) is 30.3 Å². The van der Waals surface area contributed by atoms with Crippen LogP contribution < -0.4 is 5.56 Å². The van der Waals surface area contributed by atoms with Crippen LogP contribution >= 0.6 is 0 Å². The van der Waals surface area contributed by atoms with Crippen LogP contribution in [-0.2, 0) is 34.7 Å². The maximum atomic E-state index is 14.7. The molecule has 0 amide bonds. The number of fused-ring (bicyclic) bond motifs is 5. The van der Waals surface area contributed by atoms with Crippen molar-refractivity contribution in [2.45, 2.75) is 64.7 Å². The normalized spacial score (nSPS) is 23.0. The van der Waals surface area contributed by atoms with Crippen LogP contribution in [0.1, 0.15) is 66.0 Å². The highest BCUT2D eigenvalue weighted by atomic mass is 19.1. The van der Waals surface area contributed by atoms with Crippen molar-refractivity contribution in [1.29, 1.82) is 0 Å². The smallest absolute Gasteiger partial charge is 0.343 e. The van der Waals surface area contributed by atoms with Crippen molar-refractivity contribution in [1.82, 2.24) is 9.55 Å². The predicted molar refractivity (Wildman–Crippen MR) is 116 cm³/mol. The molecule has 1 N–H and O–H groups in total. The maximum Gasteiger partial charge on any atom is 0.343 e. The average Bonchev–Trinajstić information content (AvgIpc) is 3.14. The predicted octanol–water partition coefficient (Wildman–Crippen LogP) is 3.58. The highest BCUT2D eigenvalue weighted by molar-refractivity contribution is 5.93. The molecule has 0 spiro atoms. The van der Waals surface area contributed by atoms with E-state index in [2.05, 4.69) is 6.92 Å². The molecule has 0 saturated heterocycles. The zero-order valence-corrected chi connectivity index (χ0v) is 18.2. The van der Waals surface area contributed by atoms with E-state index in [1.54, 1.807) is 17.6 Å². The molecule has 0 fully saturated rings. The fraction of sp³-hybridized carbons (Fsp3) is 0.400. The van der Waals surface area contributed by atoms with Crippen LogP contribution in [0.5, 0.6) is 0 Å². The fourth-order valence-electron chi connectivity index (χ4n) is 5.79. The quantitative estimate of drug-likeness (QED) is 0.463. The Hall–Kier alpha value is -3.06. The second-order valence-electron chi connectivity index (χ2n) is 9.25. The zero-order valence-electron chi connectivity index (χ0n) is 18.2. The third-order valence-corrected chi connectivity index (χ3v) is 7.67. The van der Waals surface area contributed by atoms with E-state index in [0.717, 1.165) is 34.9 Å². The van der Waals surface area contributed by atoms with Crippen LogP contribution in [-0.4, -0.2) is 20.6 Å². The van der Waals surface area contributed by atoms with E-state index in [1.807, 2.05) is 6.92 Å². The molecule has 0 radical (unpaired) electrons. The number of esters is 1. The Bertz CT molecular complexity index is 1440. The third-order valence-electron chi connectivity index (χ3n) is 7.67. The summed E-state index contributed by atoms with van der Waals surface area (Å²) < 4.78 is 21.5. The first kappa shape index (κ1) is 19.6. The Kier molecular flexibility index (Phi) is 3.83. The lowest BCUT2D eigenvalue weighted by Gasteiger charge is -2.31. The van der Waals surface area contributed by atoms with E-state index in [9.17, 15) is 19.1 Å². The molecule has 0 unspecified atom stereocenters. The first-order valence-electron chi connectivity index (χ1n) is 11.1.